The molecule has 0 fully saturated rings. The van der Waals surface area contributed by atoms with E-state index in [0.717, 1.165) is 40.5 Å². The number of nitrogens with zero attached hydrogens (tertiary/aromatic N) is 2. The van der Waals surface area contributed by atoms with Crippen molar-refractivity contribution >= 4 is 34.1 Å². The summed E-state index contributed by atoms with van der Waals surface area (Å²) >= 11 is 0. The predicted octanol–water partition coefficient (Wildman–Crippen LogP) is 8.13. The molecule has 0 saturated carbocycles. The van der Waals surface area contributed by atoms with Crippen LogP contribution >= 0.6 is 0 Å². The highest BCUT2D eigenvalue weighted by atomic mass is 15.2. The maximum atomic E-state index is 6.12. The Morgan fingerprint density at radius 2 is 0.829 bits per heavy atom. The summed E-state index contributed by atoms with van der Waals surface area (Å²) in [6, 6.07) is 48.7. The third-order valence-electron chi connectivity index (χ3n) is 6.03. The number of anilines is 6. The zero-order chi connectivity index (χ0) is 23.9. The molecule has 0 aliphatic rings. The molecule has 0 amide bonds. The van der Waals surface area contributed by atoms with E-state index in [1.54, 1.807) is 0 Å². The molecule has 0 atom stereocenters. The van der Waals surface area contributed by atoms with Crippen molar-refractivity contribution in [3.8, 4) is 0 Å². The van der Waals surface area contributed by atoms with E-state index in [1.807, 2.05) is 24.3 Å². The van der Waals surface area contributed by atoms with Crippen LogP contribution in [0.15, 0.2) is 140 Å². The van der Waals surface area contributed by atoms with Crippen molar-refractivity contribution in [2.45, 2.75) is 6.42 Å². The highest BCUT2D eigenvalue weighted by Gasteiger charge is 2.19. The smallest absolute Gasteiger partial charge is 0.0495 e. The highest BCUT2D eigenvalue weighted by molar-refractivity contribution is 5.83. The predicted molar refractivity (Wildman–Crippen MR) is 149 cm³/mol. The number of hydrogen-bond acceptors (Lipinski definition) is 3. The molecule has 0 saturated heterocycles. The first-order valence-electron chi connectivity index (χ1n) is 12.0. The monoisotopic (exact) mass is 455 g/mol. The van der Waals surface area contributed by atoms with Gasteiger partial charge in [0.25, 0.3) is 0 Å². The fraction of sp³-hybridized carbons (Fsp3) is 0.0625. The van der Waals surface area contributed by atoms with Crippen LogP contribution in [-0.2, 0) is 6.42 Å². The van der Waals surface area contributed by atoms with E-state index in [9.17, 15) is 0 Å². The Balaban J connectivity index is 1.66. The lowest BCUT2D eigenvalue weighted by atomic mass is 10.0. The molecular formula is C32H29N3. The van der Waals surface area contributed by atoms with E-state index < -0.39 is 0 Å². The van der Waals surface area contributed by atoms with Gasteiger partial charge in [0.2, 0.25) is 0 Å². The quantitative estimate of drug-likeness (QED) is 0.256. The third kappa shape index (κ3) is 4.96. The van der Waals surface area contributed by atoms with Crippen LogP contribution in [0.25, 0.3) is 0 Å². The largest absolute Gasteiger partial charge is 0.330 e. The number of rotatable bonds is 8. The summed E-state index contributed by atoms with van der Waals surface area (Å²) < 4.78 is 0. The second-order valence-corrected chi connectivity index (χ2v) is 8.36. The van der Waals surface area contributed by atoms with E-state index in [4.69, 9.17) is 5.73 Å². The average molecular weight is 456 g/mol. The van der Waals surface area contributed by atoms with Crippen LogP contribution in [0.5, 0.6) is 0 Å². The van der Waals surface area contributed by atoms with Crippen LogP contribution in [0.3, 0.4) is 0 Å². The second kappa shape index (κ2) is 10.7. The maximum Gasteiger partial charge on any atom is 0.0495 e. The van der Waals surface area contributed by atoms with Crippen molar-refractivity contribution in [3.05, 3.63) is 145 Å². The van der Waals surface area contributed by atoms with Crippen molar-refractivity contribution in [2.24, 2.45) is 5.73 Å². The first-order valence-corrected chi connectivity index (χ1v) is 12.0. The van der Waals surface area contributed by atoms with E-state index in [0.29, 0.717) is 6.54 Å². The lowest BCUT2D eigenvalue weighted by molar-refractivity contribution is 0.963. The van der Waals surface area contributed by atoms with Gasteiger partial charge >= 0.3 is 0 Å². The summed E-state index contributed by atoms with van der Waals surface area (Å²) in [5.41, 5.74) is 14.0. The van der Waals surface area contributed by atoms with E-state index in [1.165, 1.54) is 5.56 Å². The minimum absolute atomic E-state index is 0.574. The number of benzene rings is 5. The molecule has 0 aliphatic heterocycles. The molecule has 0 aromatic heterocycles. The summed E-state index contributed by atoms with van der Waals surface area (Å²) in [5, 5.41) is 0. The van der Waals surface area contributed by atoms with Crippen molar-refractivity contribution in [2.75, 3.05) is 16.3 Å². The Bertz CT molecular complexity index is 1260. The van der Waals surface area contributed by atoms with Gasteiger partial charge in [-0.3, -0.25) is 0 Å². The minimum atomic E-state index is 0.574. The molecule has 0 unspecified atom stereocenters. The van der Waals surface area contributed by atoms with Crippen LogP contribution < -0.4 is 15.5 Å². The molecule has 0 radical (unpaired) electrons. The van der Waals surface area contributed by atoms with Gasteiger partial charge < -0.3 is 15.5 Å². The topological polar surface area (TPSA) is 32.5 Å². The Labute approximate surface area is 207 Å². The first kappa shape index (κ1) is 22.5. The minimum Gasteiger partial charge on any atom is -0.330 e. The first-order chi connectivity index (χ1) is 17.3. The van der Waals surface area contributed by atoms with Gasteiger partial charge in [0.1, 0.15) is 0 Å². The fourth-order valence-corrected chi connectivity index (χ4v) is 4.47. The van der Waals surface area contributed by atoms with Gasteiger partial charge in [0, 0.05) is 34.1 Å². The third-order valence-corrected chi connectivity index (χ3v) is 6.03. The molecule has 5 aromatic carbocycles. The zero-order valence-corrected chi connectivity index (χ0v) is 19.7. The van der Waals surface area contributed by atoms with Gasteiger partial charge in [-0.25, -0.2) is 0 Å². The SMILES string of the molecule is NCCc1cc(N(c2ccccc2)c2ccccc2)ccc1N(c1ccccc1)c1ccccc1. The van der Waals surface area contributed by atoms with Crippen molar-refractivity contribution in [3.63, 3.8) is 0 Å². The summed E-state index contributed by atoms with van der Waals surface area (Å²) in [6.07, 6.45) is 0.775. The van der Waals surface area contributed by atoms with Gasteiger partial charge in [-0.1, -0.05) is 72.8 Å². The second-order valence-electron chi connectivity index (χ2n) is 8.36. The van der Waals surface area contributed by atoms with Gasteiger partial charge in [-0.15, -0.1) is 0 Å². The molecule has 5 rings (SSSR count). The molecule has 35 heavy (non-hydrogen) atoms. The van der Waals surface area contributed by atoms with Crippen molar-refractivity contribution in [1.82, 2.24) is 0 Å². The van der Waals surface area contributed by atoms with Crippen LogP contribution in [0.4, 0.5) is 34.1 Å². The van der Waals surface area contributed by atoms with Crippen LogP contribution in [0.1, 0.15) is 5.56 Å². The van der Waals surface area contributed by atoms with Gasteiger partial charge in [0.05, 0.1) is 0 Å². The Morgan fingerprint density at radius 3 is 1.23 bits per heavy atom. The number of para-hydroxylation sites is 4. The molecule has 0 bridgehead atoms. The van der Waals surface area contributed by atoms with Crippen molar-refractivity contribution in [1.29, 1.82) is 0 Å². The Hall–Kier alpha value is -4.34. The fourth-order valence-electron chi connectivity index (χ4n) is 4.47. The maximum absolute atomic E-state index is 6.12. The highest BCUT2D eigenvalue weighted by Crippen LogP contribution is 2.41. The normalized spacial score (nSPS) is 10.7. The summed E-state index contributed by atoms with van der Waals surface area (Å²) in [4.78, 5) is 4.60. The molecule has 0 spiro atoms. The molecule has 0 heterocycles. The molecule has 2 N–H and O–H groups in total. The van der Waals surface area contributed by atoms with Gasteiger partial charge in [-0.05, 0) is 85.3 Å². The van der Waals surface area contributed by atoms with Gasteiger partial charge in [-0.2, -0.15) is 0 Å². The Kier molecular flexibility index (Phi) is 6.88. The lowest BCUT2D eigenvalue weighted by Gasteiger charge is -2.30. The molecular weight excluding hydrogens is 426 g/mol. The summed E-state index contributed by atoms with van der Waals surface area (Å²) in [6.45, 7) is 0.574. The molecule has 0 aliphatic carbocycles. The number of nitrogens with two attached hydrogens (primary N) is 1. The van der Waals surface area contributed by atoms with Gasteiger partial charge in [0.15, 0.2) is 0 Å². The lowest BCUT2D eigenvalue weighted by Crippen LogP contribution is -2.16. The zero-order valence-electron chi connectivity index (χ0n) is 19.7. The standard InChI is InChI=1S/C32H29N3/c33-24-23-26-25-31(34(27-13-5-1-6-14-27)28-15-7-2-8-16-28)21-22-32(26)35(29-17-9-3-10-18-29)30-19-11-4-12-20-30/h1-22,25H,23-24,33H2. The van der Waals surface area contributed by atoms with Crippen LogP contribution in [0.2, 0.25) is 0 Å². The van der Waals surface area contributed by atoms with Crippen LogP contribution in [0, 0.1) is 0 Å². The van der Waals surface area contributed by atoms with Crippen molar-refractivity contribution < 1.29 is 0 Å². The Morgan fingerprint density at radius 1 is 0.429 bits per heavy atom. The molecule has 5 aromatic rings. The van der Waals surface area contributed by atoms with E-state index >= 15 is 0 Å². The number of hydrogen-bond donors (Lipinski definition) is 1. The van der Waals surface area contributed by atoms with Crippen LogP contribution in [-0.4, -0.2) is 6.54 Å². The summed E-state index contributed by atoms with van der Waals surface area (Å²) in [5.74, 6) is 0. The van der Waals surface area contributed by atoms with E-state index in [2.05, 4.69) is 125 Å². The van der Waals surface area contributed by atoms with E-state index in [-0.39, 0.29) is 0 Å². The molecule has 3 nitrogen and oxygen atoms in total. The average Bonchev–Trinajstić information content (AvgIpc) is 2.93. The molecule has 3 heteroatoms. The summed E-state index contributed by atoms with van der Waals surface area (Å²) in [7, 11) is 0. The molecule has 172 valence electrons.